The zero-order valence-electron chi connectivity index (χ0n) is 10.5. The maximum atomic E-state index is 11.5. The van der Waals surface area contributed by atoms with Gasteiger partial charge in [-0.3, -0.25) is 4.21 Å². The number of rotatable bonds is 7. The summed E-state index contributed by atoms with van der Waals surface area (Å²) in [6.07, 6.45) is 2.50. The molecule has 0 radical (unpaired) electrons. The minimum absolute atomic E-state index is 0.241. The quantitative estimate of drug-likeness (QED) is 0.728. The van der Waals surface area contributed by atoms with Crippen molar-refractivity contribution in [1.29, 1.82) is 0 Å². The van der Waals surface area contributed by atoms with Gasteiger partial charge >= 0.3 is 0 Å². The van der Waals surface area contributed by atoms with E-state index in [0.717, 1.165) is 18.7 Å². The first-order valence-corrected chi connectivity index (χ1v) is 8.74. The first-order chi connectivity index (χ1) is 8.45. The molecule has 1 aromatic carbocycles. The summed E-state index contributed by atoms with van der Waals surface area (Å²) >= 11 is 0. The second-order valence-electron chi connectivity index (χ2n) is 3.79. The fourth-order valence-electron chi connectivity index (χ4n) is 1.38. The number of hydrogen-bond acceptors (Lipinski definition) is 4. The lowest BCUT2D eigenvalue weighted by Gasteiger charge is -2.07. The van der Waals surface area contributed by atoms with Crippen LogP contribution < -0.4 is 10.0 Å². The maximum Gasteiger partial charge on any atom is 0.240 e. The summed E-state index contributed by atoms with van der Waals surface area (Å²) in [6, 6.07) is 6.53. The van der Waals surface area contributed by atoms with E-state index in [1.165, 1.54) is 7.05 Å². The van der Waals surface area contributed by atoms with Crippen molar-refractivity contribution < 1.29 is 12.6 Å². The van der Waals surface area contributed by atoms with Gasteiger partial charge in [0.25, 0.3) is 0 Å². The Morgan fingerprint density at radius 1 is 1.22 bits per heavy atom. The predicted octanol–water partition coefficient (Wildman–Crippen LogP) is 0.775. The van der Waals surface area contributed by atoms with Crippen LogP contribution in [-0.4, -0.2) is 38.2 Å². The molecule has 0 amide bonds. The summed E-state index contributed by atoms with van der Waals surface area (Å²) in [5.74, 6) is 0.666. The second kappa shape index (κ2) is 6.86. The Labute approximate surface area is 110 Å². The number of anilines is 1. The number of sulfonamides is 1. The number of nitrogens with one attached hydrogen (secondary N) is 2. The van der Waals surface area contributed by atoms with Gasteiger partial charge in [0, 0.05) is 35.0 Å². The normalized spacial score (nSPS) is 13.2. The molecule has 0 saturated heterocycles. The molecular formula is C11H18N2O3S2. The van der Waals surface area contributed by atoms with Crippen molar-refractivity contribution in [3.05, 3.63) is 24.3 Å². The average Bonchev–Trinajstić information content (AvgIpc) is 2.35. The van der Waals surface area contributed by atoms with Crippen LogP contribution in [0, 0.1) is 0 Å². The Balaban J connectivity index is 2.53. The van der Waals surface area contributed by atoms with Crippen molar-refractivity contribution >= 4 is 26.5 Å². The van der Waals surface area contributed by atoms with E-state index in [0.29, 0.717) is 5.75 Å². The Morgan fingerprint density at radius 2 is 1.83 bits per heavy atom. The van der Waals surface area contributed by atoms with Crippen molar-refractivity contribution in [2.75, 3.05) is 30.9 Å². The number of benzene rings is 1. The summed E-state index contributed by atoms with van der Waals surface area (Å²) in [5, 5.41) is 3.15. The molecule has 18 heavy (non-hydrogen) atoms. The number of hydrogen-bond donors (Lipinski definition) is 2. The molecule has 1 unspecified atom stereocenters. The molecule has 0 aromatic heterocycles. The highest BCUT2D eigenvalue weighted by Crippen LogP contribution is 2.13. The summed E-state index contributed by atoms with van der Waals surface area (Å²) in [4.78, 5) is 0.241. The van der Waals surface area contributed by atoms with E-state index in [1.54, 1.807) is 30.5 Å². The van der Waals surface area contributed by atoms with E-state index < -0.39 is 20.8 Å². The predicted molar refractivity (Wildman–Crippen MR) is 74.7 cm³/mol. The maximum absolute atomic E-state index is 11.5. The van der Waals surface area contributed by atoms with Crippen molar-refractivity contribution in [1.82, 2.24) is 4.72 Å². The van der Waals surface area contributed by atoms with Crippen LogP contribution in [0.4, 0.5) is 5.69 Å². The molecule has 5 nitrogen and oxygen atoms in total. The lowest BCUT2D eigenvalue weighted by molar-refractivity contribution is 0.588. The van der Waals surface area contributed by atoms with E-state index in [4.69, 9.17) is 0 Å². The molecule has 102 valence electrons. The van der Waals surface area contributed by atoms with Crippen molar-refractivity contribution in [2.45, 2.75) is 11.3 Å². The smallest absolute Gasteiger partial charge is 0.240 e. The summed E-state index contributed by atoms with van der Waals surface area (Å²) < 4.78 is 36.1. The minimum Gasteiger partial charge on any atom is -0.385 e. The Hall–Kier alpha value is -0.920. The SMILES string of the molecule is CNS(=O)(=O)c1ccc(NCCCS(C)=O)cc1. The van der Waals surface area contributed by atoms with Crippen LogP contribution in [0.2, 0.25) is 0 Å². The third-order valence-electron chi connectivity index (χ3n) is 2.37. The van der Waals surface area contributed by atoms with E-state index in [-0.39, 0.29) is 4.90 Å². The zero-order valence-corrected chi connectivity index (χ0v) is 12.1. The van der Waals surface area contributed by atoms with Gasteiger partial charge in [-0.15, -0.1) is 0 Å². The van der Waals surface area contributed by atoms with Crippen LogP contribution in [0.5, 0.6) is 0 Å². The molecule has 0 aliphatic heterocycles. The molecule has 2 N–H and O–H groups in total. The third kappa shape index (κ3) is 4.75. The van der Waals surface area contributed by atoms with Gasteiger partial charge in [-0.05, 0) is 37.7 Å². The van der Waals surface area contributed by atoms with Gasteiger partial charge in [0.05, 0.1) is 4.90 Å². The fraction of sp³-hybridized carbons (Fsp3) is 0.455. The van der Waals surface area contributed by atoms with E-state index >= 15 is 0 Å². The summed E-state index contributed by atoms with van der Waals surface area (Å²) in [6.45, 7) is 0.720. The largest absolute Gasteiger partial charge is 0.385 e. The van der Waals surface area contributed by atoms with Gasteiger partial charge in [0.2, 0.25) is 10.0 Å². The lowest BCUT2D eigenvalue weighted by atomic mass is 10.3. The molecule has 1 aromatic rings. The molecule has 0 aliphatic carbocycles. The van der Waals surface area contributed by atoms with Crippen LogP contribution >= 0.6 is 0 Å². The zero-order chi connectivity index (χ0) is 13.6. The van der Waals surface area contributed by atoms with E-state index in [2.05, 4.69) is 10.0 Å². The molecular weight excluding hydrogens is 272 g/mol. The standard InChI is InChI=1S/C11H18N2O3S2/c1-12-18(15,16)11-6-4-10(5-7-11)13-8-3-9-17(2)14/h4-7,12-13H,3,8-9H2,1-2H3. The highest BCUT2D eigenvalue weighted by atomic mass is 32.2. The van der Waals surface area contributed by atoms with Crippen molar-refractivity contribution in [2.24, 2.45) is 0 Å². The molecule has 0 saturated carbocycles. The Morgan fingerprint density at radius 3 is 2.33 bits per heavy atom. The van der Waals surface area contributed by atoms with Crippen LogP contribution in [0.15, 0.2) is 29.2 Å². The Bertz CT molecular complexity index is 498. The second-order valence-corrected chi connectivity index (χ2v) is 7.23. The van der Waals surface area contributed by atoms with Gasteiger partial charge in [-0.25, -0.2) is 13.1 Å². The first-order valence-electron chi connectivity index (χ1n) is 5.53. The molecule has 0 fully saturated rings. The van der Waals surface area contributed by atoms with Crippen LogP contribution in [0.3, 0.4) is 0 Å². The fourth-order valence-corrected chi connectivity index (χ4v) is 2.66. The van der Waals surface area contributed by atoms with Crippen molar-refractivity contribution in [3.63, 3.8) is 0 Å². The van der Waals surface area contributed by atoms with Gasteiger partial charge in [-0.1, -0.05) is 0 Å². The molecule has 0 aliphatic rings. The molecule has 7 heteroatoms. The van der Waals surface area contributed by atoms with Gasteiger partial charge < -0.3 is 5.32 Å². The molecule has 1 rings (SSSR count). The molecule has 0 heterocycles. The van der Waals surface area contributed by atoms with E-state index in [9.17, 15) is 12.6 Å². The molecule has 0 spiro atoms. The summed E-state index contributed by atoms with van der Waals surface area (Å²) in [7, 11) is -2.76. The molecule has 0 bridgehead atoms. The first kappa shape index (κ1) is 15.1. The van der Waals surface area contributed by atoms with Crippen LogP contribution in [0.1, 0.15) is 6.42 Å². The highest BCUT2D eigenvalue weighted by molar-refractivity contribution is 7.89. The highest BCUT2D eigenvalue weighted by Gasteiger charge is 2.09. The monoisotopic (exact) mass is 290 g/mol. The van der Waals surface area contributed by atoms with Gasteiger partial charge in [0.1, 0.15) is 0 Å². The third-order valence-corrected chi connectivity index (χ3v) is 4.66. The van der Waals surface area contributed by atoms with Crippen molar-refractivity contribution in [3.8, 4) is 0 Å². The lowest BCUT2D eigenvalue weighted by Crippen LogP contribution is -2.18. The summed E-state index contributed by atoms with van der Waals surface area (Å²) in [5.41, 5.74) is 0.854. The van der Waals surface area contributed by atoms with Crippen LogP contribution in [-0.2, 0) is 20.8 Å². The Kier molecular flexibility index (Phi) is 5.77. The molecule has 1 atom stereocenters. The van der Waals surface area contributed by atoms with Gasteiger partial charge in [-0.2, -0.15) is 0 Å². The van der Waals surface area contributed by atoms with Gasteiger partial charge in [0.15, 0.2) is 0 Å². The van der Waals surface area contributed by atoms with Crippen LogP contribution in [0.25, 0.3) is 0 Å². The minimum atomic E-state index is -3.37. The average molecular weight is 290 g/mol. The van der Waals surface area contributed by atoms with E-state index in [1.807, 2.05) is 0 Å². The topological polar surface area (TPSA) is 75.3 Å².